The van der Waals surface area contributed by atoms with E-state index in [0.29, 0.717) is 15.2 Å². The molecule has 0 aliphatic rings. The van der Waals surface area contributed by atoms with Gasteiger partial charge in [0, 0.05) is 17.8 Å². The molecule has 0 aliphatic heterocycles. The Bertz CT molecular complexity index is 286. The number of halogens is 2. The number of hydrogen-bond acceptors (Lipinski definition) is 3. The summed E-state index contributed by atoms with van der Waals surface area (Å²) in [4.78, 5) is 9.63. The average molecular weight is 459 g/mol. The molecule has 0 spiro atoms. The second-order valence-electron chi connectivity index (χ2n) is 1.92. The van der Waals surface area contributed by atoms with Gasteiger partial charge in [0.25, 0.3) is 5.69 Å². The molecule has 0 saturated carbocycles. The number of non-ortho nitro benzene ring substituents is 1. The van der Waals surface area contributed by atoms with Crippen LogP contribution in [0, 0.1) is 10.1 Å². The Kier molecular flexibility index (Phi) is 12.1. The molecule has 7 heteroatoms. The first-order chi connectivity index (χ1) is 6.11. The molecule has 0 unspecified atom stereocenters. The molecule has 14 heavy (non-hydrogen) atoms. The number of benzene rings is 1. The van der Waals surface area contributed by atoms with E-state index >= 15 is 0 Å². The van der Waals surface area contributed by atoms with Gasteiger partial charge in [-0.2, -0.15) is 0 Å². The van der Waals surface area contributed by atoms with E-state index in [-0.39, 0.29) is 13.1 Å². The number of anilines is 1. The zero-order valence-corrected chi connectivity index (χ0v) is 12.1. The van der Waals surface area contributed by atoms with Crippen LogP contribution in [0.5, 0.6) is 0 Å². The quantitative estimate of drug-likeness (QED) is 0.303. The fourth-order valence-electron chi connectivity index (χ4n) is 0.638. The van der Waals surface area contributed by atoms with Crippen molar-refractivity contribution < 1.29 is 14.4 Å². The van der Waals surface area contributed by atoms with E-state index in [9.17, 15) is 10.1 Å². The van der Waals surface area contributed by atoms with E-state index in [0.717, 1.165) is 0 Å². The van der Waals surface area contributed by atoms with E-state index in [1.807, 2.05) is 0 Å². The van der Waals surface area contributed by atoms with Gasteiger partial charge in [0.2, 0.25) is 0 Å². The molecule has 1 rings (SSSR count). The molecule has 0 radical (unpaired) electrons. The Morgan fingerprint density at radius 2 is 1.93 bits per heavy atom. The third kappa shape index (κ3) is 7.83. The van der Waals surface area contributed by atoms with Crippen LogP contribution >= 0.6 is 40.0 Å². The van der Waals surface area contributed by atoms with Crippen molar-refractivity contribution >= 4 is 51.3 Å². The van der Waals surface area contributed by atoms with E-state index in [4.69, 9.17) is 5.73 Å². The minimum absolute atomic E-state index is 0. The van der Waals surface area contributed by atoms with Gasteiger partial charge in [-0.3, -0.25) is 10.1 Å². The van der Waals surface area contributed by atoms with Crippen molar-refractivity contribution in [2.75, 3.05) is 5.73 Å². The first kappa shape index (κ1) is 16.9. The predicted molar refractivity (Wildman–Crippen MR) is 72.3 cm³/mol. The predicted octanol–water partition coefficient (Wildman–Crippen LogP) is 3.58. The van der Waals surface area contributed by atoms with Crippen LogP contribution in [-0.2, 0) is 9.47 Å². The Morgan fingerprint density at radius 1 is 1.43 bits per heavy atom. The van der Waals surface area contributed by atoms with E-state index in [1.165, 1.54) is 12.1 Å². The second kappa shape index (κ2) is 10.00. The molecular formula is C7H10I2N2O2V. The Morgan fingerprint density at radius 3 is 2.21 bits per heavy atom. The van der Waals surface area contributed by atoms with Crippen molar-refractivity contribution in [1.29, 1.82) is 0 Å². The van der Waals surface area contributed by atoms with E-state index in [1.54, 1.807) is 12.1 Å². The summed E-state index contributed by atoms with van der Waals surface area (Å²) >= 11 is 4.74. The van der Waals surface area contributed by atoms with Gasteiger partial charge in [-0.25, -0.2) is 0 Å². The number of nitrogens with two attached hydrogens (primary N) is 1. The van der Waals surface area contributed by atoms with Crippen molar-refractivity contribution in [1.82, 2.24) is 0 Å². The zero-order chi connectivity index (χ0) is 10.3. The molecular weight excluding hydrogens is 449 g/mol. The molecule has 0 saturated heterocycles. The summed E-state index contributed by atoms with van der Waals surface area (Å²) in [5, 5.41) is 10.1. The van der Waals surface area contributed by atoms with Crippen LogP contribution in [0.1, 0.15) is 7.43 Å². The van der Waals surface area contributed by atoms with Crippen molar-refractivity contribution in [3.8, 4) is 0 Å². The molecule has 0 bridgehead atoms. The number of hydrogen-bond donors (Lipinski definition) is 1. The molecule has 0 amide bonds. The van der Waals surface area contributed by atoms with Crippen molar-refractivity contribution in [2.45, 2.75) is 7.43 Å². The average Bonchev–Trinajstić information content (AvgIpc) is 2.05. The molecule has 1 aromatic carbocycles. The van der Waals surface area contributed by atoms with Crippen molar-refractivity contribution in [3.63, 3.8) is 0 Å². The van der Waals surface area contributed by atoms with Crippen LogP contribution in [0.4, 0.5) is 11.4 Å². The van der Waals surface area contributed by atoms with Crippen LogP contribution in [0.15, 0.2) is 24.3 Å². The Labute approximate surface area is 112 Å². The van der Waals surface area contributed by atoms with Crippen LogP contribution in [0.3, 0.4) is 0 Å². The van der Waals surface area contributed by atoms with Crippen LogP contribution in [0.25, 0.3) is 0 Å². The molecule has 4 nitrogen and oxygen atoms in total. The third-order valence-electron chi connectivity index (χ3n) is 1.08. The third-order valence-corrected chi connectivity index (χ3v) is 1.08. The van der Waals surface area contributed by atoms with Crippen LogP contribution in [-0.4, -0.2) is 4.92 Å². The van der Waals surface area contributed by atoms with E-state index < -0.39 is 4.92 Å². The minimum atomic E-state index is -0.476. The summed E-state index contributed by atoms with van der Waals surface area (Å²) in [6.45, 7) is 0. The monoisotopic (exact) mass is 459 g/mol. The van der Waals surface area contributed by atoms with E-state index in [2.05, 4.69) is 40.0 Å². The maximum absolute atomic E-state index is 10.1. The van der Waals surface area contributed by atoms with Gasteiger partial charge >= 0.3 is 49.4 Å². The van der Waals surface area contributed by atoms with Gasteiger partial charge in [0.1, 0.15) is 0 Å². The molecule has 1 aromatic rings. The van der Waals surface area contributed by atoms with Crippen molar-refractivity contribution in [3.05, 3.63) is 34.4 Å². The number of nitrogens with zero attached hydrogens (tertiary/aromatic N) is 1. The second-order valence-corrected chi connectivity index (χ2v) is 13.7. The summed E-state index contributed by atoms with van der Waals surface area (Å²) in [5.41, 5.74) is 5.73. The Hall–Kier alpha value is 0.464. The SMILES string of the molecule is C.Nc1cccc([N+](=O)[O-])c1.[I][V][I]. The zero-order valence-electron chi connectivity index (χ0n) is 6.35. The maximum atomic E-state index is 10.1. The standard InChI is InChI=1S/C6H6N2O2.CH4.2HI.V/c7-5-2-1-3-6(4-5)8(9)10;;;;/h1-4H,7H2;1H4;2*1H;/q;;;;+2/p-2. The molecule has 0 aliphatic carbocycles. The molecule has 2 N–H and O–H groups in total. The normalized spacial score (nSPS) is 7.57. The first-order valence-electron chi connectivity index (χ1n) is 3.04. The van der Waals surface area contributed by atoms with Gasteiger partial charge in [-0.1, -0.05) is 13.5 Å². The molecule has 0 heterocycles. The van der Waals surface area contributed by atoms with Gasteiger partial charge in [-0.15, -0.1) is 0 Å². The Balaban J connectivity index is 0. The fourth-order valence-corrected chi connectivity index (χ4v) is 0.638. The van der Waals surface area contributed by atoms with Gasteiger partial charge in [-0.05, 0) is 6.07 Å². The summed E-state index contributed by atoms with van der Waals surface area (Å²) in [6.07, 6.45) is 0. The van der Waals surface area contributed by atoms with Crippen LogP contribution in [0.2, 0.25) is 0 Å². The fraction of sp³-hybridized carbons (Fsp3) is 0.143. The topological polar surface area (TPSA) is 69.2 Å². The van der Waals surface area contributed by atoms with Gasteiger partial charge < -0.3 is 5.73 Å². The first-order valence-corrected chi connectivity index (χ1v) is 12.0. The summed E-state index contributed by atoms with van der Waals surface area (Å²) in [7, 11) is 0.628. The van der Waals surface area contributed by atoms with Crippen molar-refractivity contribution in [2.24, 2.45) is 0 Å². The molecule has 0 fully saturated rings. The van der Waals surface area contributed by atoms with Gasteiger partial charge in [0.15, 0.2) is 0 Å². The molecule has 0 aromatic heterocycles. The van der Waals surface area contributed by atoms with Crippen LogP contribution < -0.4 is 5.73 Å². The summed E-state index contributed by atoms with van der Waals surface area (Å²) in [5.74, 6) is 0. The number of nitro benzene ring substituents is 1. The van der Waals surface area contributed by atoms with Gasteiger partial charge in [0.05, 0.1) is 4.92 Å². The molecule has 0 atom stereocenters. The number of rotatable bonds is 1. The number of nitrogen functional groups attached to an aromatic ring is 1. The summed E-state index contributed by atoms with van der Waals surface area (Å²) in [6, 6.07) is 5.87. The molecule has 79 valence electrons. The summed E-state index contributed by atoms with van der Waals surface area (Å²) < 4.78 is 0. The number of nitro groups is 1.